The van der Waals surface area contributed by atoms with Crippen molar-refractivity contribution in [3.8, 4) is 0 Å². The van der Waals surface area contributed by atoms with Gasteiger partial charge in [-0.15, -0.1) is 0 Å². The summed E-state index contributed by atoms with van der Waals surface area (Å²) in [4.78, 5) is 37.1. The quantitative estimate of drug-likeness (QED) is 0.827. The van der Waals surface area contributed by atoms with Crippen LogP contribution in [0.2, 0.25) is 0 Å². The first kappa shape index (κ1) is 17.0. The average Bonchev–Trinajstić information content (AvgIpc) is 2.54. The van der Waals surface area contributed by atoms with Crippen molar-refractivity contribution in [2.24, 2.45) is 11.7 Å². The molecule has 0 radical (unpaired) electrons. The van der Waals surface area contributed by atoms with Gasteiger partial charge in [-0.05, 0) is 30.4 Å². The van der Waals surface area contributed by atoms with Gasteiger partial charge in [0.2, 0.25) is 5.91 Å². The first-order valence-electron chi connectivity index (χ1n) is 7.88. The van der Waals surface area contributed by atoms with Crippen molar-refractivity contribution in [1.82, 2.24) is 4.90 Å². The number of nitrogens with two attached hydrogens (primary N) is 1. The monoisotopic (exact) mass is 317 g/mol. The predicted octanol–water partition coefficient (Wildman–Crippen LogP) is 1.47. The second-order valence-corrected chi connectivity index (χ2v) is 6.16. The Balaban J connectivity index is 1.99. The smallest absolute Gasteiger partial charge is 0.313 e. The molecule has 1 aliphatic rings. The standard InChI is InChI=1S/C17H23N3O3/c1-11(2)13-5-3-4-6-14(13)19-16(22)17(23)20-9-7-12(8-10-20)15(18)21/h3-6,11-12H,7-10H2,1-2H3,(H2,18,21)(H,19,22). The van der Waals surface area contributed by atoms with Crippen LogP contribution in [0.25, 0.3) is 0 Å². The molecule has 0 bridgehead atoms. The first-order chi connectivity index (χ1) is 10.9. The molecular formula is C17H23N3O3. The van der Waals surface area contributed by atoms with E-state index in [2.05, 4.69) is 5.32 Å². The second-order valence-electron chi connectivity index (χ2n) is 6.16. The number of piperidine rings is 1. The van der Waals surface area contributed by atoms with Gasteiger partial charge >= 0.3 is 11.8 Å². The number of rotatable bonds is 3. The Morgan fingerprint density at radius 2 is 1.78 bits per heavy atom. The van der Waals surface area contributed by atoms with Gasteiger partial charge in [0.15, 0.2) is 0 Å². The molecule has 6 nitrogen and oxygen atoms in total. The van der Waals surface area contributed by atoms with Gasteiger partial charge in [-0.1, -0.05) is 32.0 Å². The molecule has 1 aromatic carbocycles. The van der Waals surface area contributed by atoms with Crippen LogP contribution in [0.15, 0.2) is 24.3 Å². The summed E-state index contributed by atoms with van der Waals surface area (Å²) in [6, 6.07) is 7.45. The Morgan fingerprint density at radius 3 is 2.35 bits per heavy atom. The summed E-state index contributed by atoms with van der Waals surface area (Å²) in [5, 5.41) is 2.70. The van der Waals surface area contributed by atoms with Crippen LogP contribution in [0.4, 0.5) is 5.69 Å². The highest BCUT2D eigenvalue weighted by Gasteiger charge is 2.29. The van der Waals surface area contributed by atoms with Crippen LogP contribution in [-0.4, -0.2) is 35.7 Å². The Hall–Kier alpha value is -2.37. The molecule has 0 aliphatic carbocycles. The Labute approximate surface area is 136 Å². The van der Waals surface area contributed by atoms with E-state index >= 15 is 0 Å². The number of primary amides is 1. The van der Waals surface area contributed by atoms with Crippen LogP contribution in [0.1, 0.15) is 38.2 Å². The fraction of sp³-hybridized carbons (Fsp3) is 0.471. The minimum absolute atomic E-state index is 0.205. The fourth-order valence-electron chi connectivity index (χ4n) is 2.80. The van der Waals surface area contributed by atoms with Crippen LogP contribution in [0.3, 0.4) is 0 Å². The number of nitrogens with one attached hydrogen (secondary N) is 1. The maximum Gasteiger partial charge on any atom is 0.313 e. The van der Waals surface area contributed by atoms with Crippen LogP contribution < -0.4 is 11.1 Å². The van der Waals surface area contributed by atoms with Crippen molar-refractivity contribution in [2.45, 2.75) is 32.6 Å². The third-order valence-corrected chi connectivity index (χ3v) is 4.21. The lowest BCUT2D eigenvalue weighted by Gasteiger charge is -2.30. The van der Waals surface area contributed by atoms with Gasteiger partial charge in [-0.25, -0.2) is 0 Å². The molecule has 0 saturated carbocycles. The molecule has 0 atom stereocenters. The zero-order valence-electron chi connectivity index (χ0n) is 13.5. The van der Waals surface area contributed by atoms with Crippen molar-refractivity contribution < 1.29 is 14.4 Å². The normalized spacial score (nSPS) is 15.5. The van der Waals surface area contributed by atoms with Gasteiger partial charge in [-0.2, -0.15) is 0 Å². The summed E-state index contributed by atoms with van der Waals surface area (Å²) in [6.07, 6.45) is 1.02. The molecule has 0 spiro atoms. The third-order valence-electron chi connectivity index (χ3n) is 4.21. The Morgan fingerprint density at radius 1 is 1.17 bits per heavy atom. The molecule has 23 heavy (non-hydrogen) atoms. The van der Waals surface area contributed by atoms with Crippen molar-refractivity contribution in [3.05, 3.63) is 29.8 Å². The number of carbonyl (C=O) groups is 3. The van der Waals surface area contributed by atoms with Gasteiger partial charge in [0.05, 0.1) is 0 Å². The van der Waals surface area contributed by atoms with Gasteiger partial charge in [0, 0.05) is 24.7 Å². The second kappa shape index (κ2) is 7.26. The molecule has 0 aromatic heterocycles. The van der Waals surface area contributed by atoms with Crippen LogP contribution in [0.5, 0.6) is 0 Å². The summed E-state index contributed by atoms with van der Waals surface area (Å²) in [5.41, 5.74) is 6.92. The molecule has 3 amide bonds. The van der Waals surface area contributed by atoms with E-state index in [4.69, 9.17) is 5.73 Å². The summed E-state index contributed by atoms with van der Waals surface area (Å²) >= 11 is 0. The number of nitrogens with zero attached hydrogens (tertiary/aromatic N) is 1. The van der Waals surface area contributed by atoms with Gasteiger partial charge in [0.25, 0.3) is 0 Å². The van der Waals surface area contributed by atoms with E-state index in [1.54, 1.807) is 6.07 Å². The summed E-state index contributed by atoms with van der Waals surface area (Å²) in [5.74, 6) is -1.51. The SMILES string of the molecule is CC(C)c1ccccc1NC(=O)C(=O)N1CCC(C(N)=O)CC1. The maximum absolute atomic E-state index is 12.3. The highest BCUT2D eigenvalue weighted by atomic mass is 16.2. The van der Waals surface area contributed by atoms with E-state index in [1.165, 1.54) is 4.90 Å². The summed E-state index contributed by atoms with van der Waals surface area (Å²) in [7, 11) is 0. The van der Waals surface area contributed by atoms with E-state index in [0.717, 1.165) is 5.56 Å². The molecule has 2 rings (SSSR count). The number of para-hydroxylation sites is 1. The van der Waals surface area contributed by atoms with Crippen molar-refractivity contribution in [3.63, 3.8) is 0 Å². The Kier molecular flexibility index (Phi) is 5.36. The maximum atomic E-state index is 12.3. The molecule has 1 saturated heterocycles. The number of anilines is 1. The van der Waals surface area contributed by atoms with Crippen molar-refractivity contribution in [1.29, 1.82) is 0 Å². The lowest BCUT2D eigenvalue weighted by molar-refractivity contribution is -0.144. The largest absolute Gasteiger partial charge is 0.369 e. The summed E-state index contributed by atoms with van der Waals surface area (Å²) in [6.45, 7) is 4.82. The fourth-order valence-corrected chi connectivity index (χ4v) is 2.80. The number of amides is 3. The summed E-state index contributed by atoms with van der Waals surface area (Å²) < 4.78 is 0. The Bertz CT molecular complexity index is 605. The van der Waals surface area contributed by atoms with E-state index < -0.39 is 11.8 Å². The molecular weight excluding hydrogens is 294 g/mol. The van der Waals surface area contributed by atoms with E-state index in [0.29, 0.717) is 31.6 Å². The highest BCUT2D eigenvalue weighted by Crippen LogP contribution is 2.24. The van der Waals surface area contributed by atoms with Gasteiger partial charge in [0.1, 0.15) is 0 Å². The number of hydrogen-bond acceptors (Lipinski definition) is 3. The van der Waals surface area contributed by atoms with E-state index in [1.807, 2.05) is 32.0 Å². The number of benzene rings is 1. The zero-order valence-corrected chi connectivity index (χ0v) is 13.5. The lowest BCUT2D eigenvalue weighted by atomic mass is 9.96. The van der Waals surface area contributed by atoms with Gasteiger partial charge < -0.3 is 16.0 Å². The highest BCUT2D eigenvalue weighted by molar-refractivity contribution is 6.39. The lowest BCUT2D eigenvalue weighted by Crippen LogP contribution is -2.46. The average molecular weight is 317 g/mol. The molecule has 6 heteroatoms. The van der Waals surface area contributed by atoms with Crippen LogP contribution in [0, 0.1) is 5.92 Å². The molecule has 0 unspecified atom stereocenters. The first-order valence-corrected chi connectivity index (χ1v) is 7.88. The minimum Gasteiger partial charge on any atom is -0.369 e. The molecule has 1 fully saturated rings. The minimum atomic E-state index is -0.643. The predicted molar refractivity (Wildman–Crippen MR) is 87.7 cm³/mol. The molecule has 1 heterocycles. The molecule has 124 valence electrons. The van der Waals surface area contributed by atoms with Crippen LogP contribution in [-0.2, 0) is 14.4 Å². The molecule has 3 N–H and O–H groups in total. The molecule has 1 aliphatic heterocycles. The zero-order chi connectivity index (χ0) is 17.0. The third kappa shape index (κ3) is 4.09. The number of carbonyl (C=O) groups excluding carboxylic acids is 3. The van der Waals surface area contributed by atoms with Gasteiger partial charge in [-0.3, -0.25) is 14.4 Å². The topological polar surface area (TPSA) is 92.5 Å². The van der Waals surface area contributed by atoms with Crippen LogP contribution >= 0.6 is 0 Å². The molecule has 1 aromatic rings. The van der Waals surface area contributed by atoms with E-state index in [9.17, 15) is 14.4 Å². The van der Waals surface area contributed by atoms with Crippen molar-refractivity contribution in [2.75, 3.05) is 18.4 Å². The number of likely N-dealkylation sites (tertiary alicyclic amines) is 1. The van der Waals surface area contributed by atoms with Crippen molar-refractivity contribution >= 4 is 23.4 Å². The number of hydrogen-bond donors (Lipinski definition) is 2. The van der Waals surface area contributed by atoms with E-state index in [-0.39, 0.29) is 17.7 Å².